The van der Waals surface area contributed by atoms with Gasteiger partial charge in [-0.15, -0.1) is 0 Å². The Labute approximate surface area is 115 Å². The van der Waals surface area contributed by atoms with E-state index >= 15 is 0 Å². The molecule has 1 aromatic heterocycles. The summed E-state index contributed by atoms with van der Waals surface area (Å²) in [7, 11) is 0. The van der Waals surface area contributed by atoms with Crippen LogP contribution in [0.2, 0.25) is 0 Å². The first-order valence-corrected chi connectivity index (χ1v) is 7.31. The lowest BCUT2D eigenvalue weighted by Gasteiger charge is -2.29. The number of carbonyl (C=O) groups is 1. The highest BCUT2D eigenvalue weighted by Gasteiger charge is 2.37. The van der Waals surface area contributed by atoms with Gasteiger partial charge in [-0.2, -0.15) is 0 Å². The third-order valence-corrected chi connectivity index (χ3v) is 4.45. The lowest BCUT2D eigenvalue weighted by atomic mass is 10.2. The number of carbonyl (C=O) groups excluding carboxylic acids is 1. The Kier molecular flexibility index (Phi) is 3.20. The normalized spacial score (nSPS) is 19.2. The number of rotatable bonds is 4. The average molecular weight is 313 g/mol. The third-order valence-electron chi connectivity index (χ3n) is 3.76. The lowest BCUT2D eigenvalue weighted by molar-refractivity contribution is 0.0689. The average Bonchev–Trinajstić information content (AvgIpc) is 3.13. The van der Waals surface area contributed by atoms with Gasteiger partial charge in [0.15, 0.2) is 0 Å². The molecule has 0 radical (unpaired) electrons. The van der Waals surface area contributed by atoms with Gasteiger partial charge in [-0.05, 0) is 47.7 Å². The molecule has 1 aliphatic carbocycles. The highest BCUT2D eigenvalue weighted by atomic mass is 79.9. The summed E-state index contributed by atoms with van der Waals surface area (Å²) in [5, 5.41) is 8.94. The highest BCUT2D eigenvalue weighted by Crippen LogP contribution is 2.33. The molecule has 0 spiro atoms. The van der Waals surface area contributed by atoms with Crippen LogP contribution in [0.25, 0.3) is 0 Å². The summed E-state index contributed by atoms with van der Waals surface area (Å²) in [6, 6.07) is 2.42. The molecule has 0 aromatic carbocycles. The summed E-state index contributed by atoms with van der Waals surface area (Å²) < 4.78 is 3.11. The van der Waals surface area contributed by atoms with Crippen molar-refractivity contribution < 1.29 is 9.90 Å². The molecular formula is C13H17BrN2O2. The molecule has 2 aliphatic rings. The van der Waals surface area contributed by atoms with Crippen LogP contribution in [0.4, 0.5) is 0 Å². The van der Waals surface area contributed by atoms with Gasteiger partial charge in [0.1, 0.15) is 5.69 Å². The largest absolute Gasteiger partial charge is 0.396 e. The maximum absolute atomic E-state index is 12.4. The maximum Gasteiger partial charge on any atom is 0.270 e. The van der Waals surface area contributed by atoms with Gasteiger partial charge >= 0.3 is 0 Å². The number of amides is 1. The third kappa shape index (κ3) is 1.99. The molecule has 98 valence electrons. The molecule has 0 unspecified atom stereocenters. The van der Waals surface area contributed by atoms with Crippen LogP contribution in [0.15, 0.2) is 10.5 Å². The first-order valence-electron chi connectivity index (χ1n) is 6.52. The van der Waals surface area contributed by atoms with Crippen LogP contribution in [0.5, 0.6) is 0 Å². The molecule has 3 rings (SSSR count). The summed E-state index contributed by atoms with van der Waals surface area (Å²) in [5.41, 5.74) is 1.94. The van der Waals surface area contributed by atoms with Gasteiger partial charge in [-0.25, -0.2) is 0 Å². The van der Waals surface area contributed by atoms with Crippen molar-refractivity contribution in [1.82, 2.24) is 9.47 Å². The maximum atomic E-state index is 12.4. The molecule has 1 N–H and O–H groups in total. The zero-order valence-corrected chi connectivity index (χ0v) is 11.8. The molecule has 1 fully saturated rings. The fraction of sp³-hybridized carbons (Fsp3) is 0.615. The predicted octanol–water partition coefficient (Wildman–Crippen LogP) is 1.79. The van der Waals surface area contributed by atoms with E-state index in [0.717, 1.165) is 54.6 Å². The van der Waals surface area contributed by atoms with Crippen molar-refractivity contribution >= 4 is 21.8 Å². The summed E-state index contributed by atoms with van der Waals surface area (Å²) in [5.74, 6) is 0.166. The number of aliphatic hydroxyl groups is 1. The molecule has 1 aromatic rings. The van der Waals surface area contributed by atoms with E-state index in [0.29, 0.717) is 6.04 Å². The topological polar surface area (TPSA) is 45.5 Å². The van der Waals surface area contributed by atoms with Crippen LogP contribution in [0, 0.1) is 0 Å². The van der Waals surface area contributed by atoms with E-state index in [-0.39, 0.29) is 12.5 Å². The van der Waals surface area contributed by atoms with Crippen molar-refractivity contribution in [3.8, 4) is 0 Å². The minimum absolute atomic E-state index is 0.166. The summed E-state index contributed by atoms with van der Waals surface area (Å²) in [4.78, 5) is 14.4. The second-order valence-electron chi connectivity index (χ2n) is 5.03. The summed E-state index contributed by atoms with van der Waals surface area (Å²) in [6.07, 6.45) is 3.87. The monoisotopic (exact) mass is 312 g/mol. The quantitative estimate of drug-likeness (QED) is 0.921. The zero-order chi connectivity index (χ0) is 12.7. The first kappa shape index (κ1) is 12.2. The van der Waals surface area contributed by atoms with Gasteiger partial charge in [0.2, 0.25) is 0 Å². The summed E-state index contributed by atoms with van der Waals surface area (Å²) in [6.45, 7) is 1.89. The number of hydrogen-bond acceptors (Lipinski definition) is 2. The van der Waals surface area contributed by atoms with Gasteiger partial charge in [0.25, 0.3) is 5.91 Å². The molecule has 0 saturated heterocycles. The van der Waals surface area contributed by atoms with Gasteiger partial charge in [-0.1, -0.05) is 0 Å². The Morgan fingerprint density at radius 3 is 2.83 bits per heavy atom. The number of hydrogen-bond donors (Lipinski definition) is 1. The molecule has 2 heterocycles. The first-order chi connectivity index (χ1) is 8.72. The summed E-state index contributed by atoms with van der Waals surface area (Å²) >= 11 is 3.53. The molecule has 0 bridgehead atoms. The van der Waals surface area contributed by atoms with Crippen molar-refractivity contribution in [1.29, 1.82) is 0 Å². The minimum Gasteiger partial charge on any atom is -0.396 e. The molecule has 0 atom stereocenters. The van der Waals surface area contributed by atoms with Crippen LogP contribution in [-0.4, -0.2) is 39.7 Å². The minimum atomic E-state index is 0.166. The number of aliphatic hydroxyl groups excluding tert-OH is 1. The van der Waals surface area contributed by atoms with Crippen LogP contribution < -0.4 is 0 Å². The predicted molar refractivity (Wildman–Crippen MR) is 71.6 cm³/mol. The number of fused-ring (bicyclic) bond motifs is 1. The SMILES string of the molecule is O=C1c2cc(Br)c(CCCO)n2CCN1C1CC1. The van der Waals surface area contributed by atoms with Crippen molar-refractivity contribution in [3.63, 3.8) is 0 Å². The van der Waals surface area contributed by atoms with Crippen LogP contribution in [0.1, 0.15) is 35.4 Å². The van der Waals surface area contributed by atoms with Crippen LogP contribution >= 0.6 is 15.9 Å². The van der Waals surface area contributed by atoms with E-state index < -0.39 is 0 Å². The molecule has 5 heteroatoms. The standard InChI is InChI=1S/C13H17BrN2O2/c14-10-8-12-13(18)15(9-3-4-9)5-6-16(12)11(10)2-1-7-17/h8-9,17H,1-7H2. The Balaban J connectivity index is 1.89. The second kappa shape index (κ2) is 4.70. The van der Waals surface area contributed by atoms with E-state index in [1.807, 2.05) is 11.0 Å². The number of halogens is 1. The lowest BCUT2D eigenvalue weighted by Crippen LogP contribution is -2.41. The Morgan fingerprint density at radius 1 is 1.39 bits per heavy atom. The Bertz CT molecular complexity index is 480. The van der Waals surface area contributed by atoms with E-state index in [2.05, 4.69) is 20.5 Å². The van der Waals surface area contributed by atoms with E-state index in [1.165, 1.54) is 0 Å². The van der Waals surface area contributed by atoms with Gasteiger partial charge in [0.05, 0.1) is 0 Å². The molecular weight excluding hydrogens is 296 g/mol. The van der Waals surface area contributed by atoms with Crippen molar-refractivity contribution in [2.24, 2.45) is 0 Å². The number of aromatic nitrogens is 1. The smallest absolute Gasteiger partial charge is 0.270 e. The molecule has 4 nitrogen and oxygen atoms in total. The van der Waals surface area contributed by atoms with E-state index in [4.69, 9.17) is 5.11 Å². The van der Waals surface area contributed by atoms with Crippen LogP contribution in [-0.2, 0) is 13.0 Å². The Morgan fingerprint density at radius 2 is 2.17 bits per heavy atom. The fourth-order valence-electron chi connectivity index (χ4n) is 2.68. The van der Waals surface area contributed by atoms with Gasteiger partial charge in [-0.3, -0.25) is 4.79 Å². The molecule has 1 saturated carbocycles. The number of nitrogens with zero attached hydrogens (tertiary/aromatic N) is 2. The molecule has 18 heavy (non-hydrogen) atoms. The van der Waals surface area contributed by atoms with Crippen molar-refractivity contribution in [2.75, 3.05) is 13.2 Å². The van der Waals surface area contributed by atoms with Crippen molar-refractivity contribution in [3.05, 3.63) is 21.9 Å². The fourth-order valence-corrected chi connectivity index (χ4v) is 3.31. The van der Waals surface area contributed by atoms with E-state index in [1.54, 1.807) is 0 Å². The van der Waals surface area contributed by atoms with E-state index in [9.17, 15) is 4.79 Å². The van der Waals surface area contributed by atoms with Crippen LogP contribution in [0.3, 0.4) is 0 Å². The zero-order valence-electron chi connectivity index (χ0n) is 10.2. The molecule has 1 aliphatic heterocycles. The second-order valence-corrected chi connectivity index (χ2v) is 5.89. The van der Waals surface area contributed by atoms with Gasteiger partial charge < -0.3 is 14.6 Å². The Hall–Kier alpha value is -0.810. The molecule has 1 amide bonds. The van der Waals surface area contributed by atoms with Gasteiger partial charge in [0, 0.05) is 35.9 Å². The van der Waals surface area contributed by atoms with Crippen molar-refractivity contribution in [2.45, 2.75) is 38.3 Å². The highest BCUT2D eigenvalue weighted by molar-refractivity contribution is 9.10.